The van der Waals surface area contributed by atoms with E-state index >= 15 is 0 Å². The van der Waals surface area contributed by atoms with E-state index in [-0.39, 0.29) is 24.6 Å². The van der Waals surface area contributed by atoms with Gasteiger partial charge in [0.15, 0.2) is 11.7 Å². The highest BCUT2D eigenvalue weighted by molar-refractivity contribution is 9.10. The number of hydrogen-bond donors (Lipinski definition) is 3. The predicted octanol–water partition coefficient (Wildman–Crippen LogP) is 1.58. The number of hydrogen-bond acceptors (Lipinski definition) is 6. The lowest BCUT2D eigenvalue weighted by Crippen LogP contribution is -2.49. The molecule has 0 aliphatic carbocycles. The number of halogens is 1. The molecule has 1 rings (SSSR count). The minimum Gasteiger partial charge on any atom is -0.484 e. The van der Waals surface area contributed by atoms with Crippen LogP contribution in [-0.2, 0) is 19.1 Å². The van der Waals surface area contributed by atoms with Gasteiger partial charge in [0.05, 0.1) is 13.0 Å². The molecule has 0 saturated heterocycles. The van der Waals surface area contributed by atoms with Crippen molar-refractivity contribution < 1.29 is 23.9 Å². The van der Waals surface area contributed by atoms with Gasteiger partial charge in [0, 0.05) is 10.9 Å². The van der Waals surface area contributed by atoms with Crippen LogP contribution >= 0.6 is 28.1 Å². The summed E-state index contributed by atoms with van der Waals surface area (Å²) in [4.78, 5) is 34.6. The maximum Gasteiger partial charge on any atom is 0.306 e. The quantitative estimate of drug-likeness (QED) is 0.316. The Kier molecular flexibility index (Phi) is 10.3. The predicted molar refractivity (Wildman–Crippen MR) is 102 cm³/mol. The molecule has 2 amide bonds. The van der Waals surface area contributed by atoms with Gasteiger partial charge in [0.1, 0.15) is 5.75 Å². The van der Waals surface area contributed by atoms with Crippen molar-refractivity contribution in [3.05, 3.63) is 28.7 Å². The van der Waals surface area contributed by atoms with E-state index < -0.39 is 17.8 Å². The molecular formula is C16H20BrN3O5S. The Bertz CT molecular complexity index is 639. The van der Waals surface area contributed by atoms with E-state index in [2.05, 4.69) is 32.1 Å². The SMILES string of the molecule is CCCOC(=O)CCC(=O)NC(=S)NNC(=O)COc1ccc(Br)cc1. The molecule has 0 radical (unpaired) electrons. The zero-order chi connectivity index (χ0) is 19.4. The van der Waals surface area contributed by atoms with Crippen LogP contribution < -0.4 is 20.9 Å². The first-order chi connectivity index (χ1) is 12.4. The second-order valence-corrected chi connectivity index (χ2v) is 6.34. The second kappa shape index (κ2) is 12.2. The smallest absolute Gasteiger partial charge is 0.306 e. The summed E-state index contributed by atoms with van der Waals surface area (Å²) in [5.74, 6) is -0.850. The minimum absolute atomic E-state index is 0.0398. The molecule has 0 atom stereocenters. The van der Waals surface area contributed by atoms with E-state index in [1.165, 1.54) is 0 Å². The van der Waals surface area contributed by atoms with E-state index in [1.54, 1.807) is 24.3 Å². The first kappa shape index (κ1) is 21.8. The lowest BCUT2D eigenvalue weighted by Gasteiger charge is -2.11. The number of rotatable bonds is 8. The third kappa shape index (κ3) is 9.94. The Morgan fingerprint density at radius 1 is 1.08 bits per heavy atom. The molecule has 0 aromatic heterocycles. The number of esters is 1. The molecular weight excluding hydrogens is 426 g/mol. The first-order valence-corrected chi connectivity index (χ1v) is 9.03. The Hall–Kier alpha value is -2.20. The van der Waals surface area contributed by atoms with Crippen molar-refractivity contribution in [2.24, 2.45) is 0 Å². The van der Waals surface area contributed by atoms with Crippen LogP contribution in [0.2, 0.25) is 0 Å². The number of ether oxygens (including phenoxy) is 2. The average Bonchev–Trinajstić information content (AvgIpc) is 2.62. The largest absolute Gasteiger partial charge is 0.484 e. The van der Waals surface area contributed by atoms with E-state index in [1.807, 2.05) is 6.92 Å². The number of carbonyl (C=O) groups is 3. The highest BCUT2D eigenvalue weighted by Gasteiger charge is 2.10. The van der Waals surface area contributed by atoms with Gasteiger partial charge < -0.3 is 14.8 Å². The van der Waals surface area contributed by atoms with Gasteiger partial charge in [-0.1, -0.05) is 22.9 Å². The summed E-state index contributed by atoms with van der Waals surface area (Å²) in [6.07, 6.45) is 0.615. The Morgan fingerprint density at radius 3 is 2.42 bits per heavy atom. The highest BCUT2D eigenvalue weighted by atomic mass is 79.9. The fourth-order valence-electron chi connectivity index (χ4n) is 1.57. The molecule has 0 unspecified atom stereocenters. The molecule has 0 bridgehead atoms. The molecule has 1 aromatic rings. The summed E-state index contributed by atoms with van der Waals surface area (Å²) in [5, 5.41) is 2.25. The van der Waals surface area contributed by atoms with Crippen molar-refractivity contribution in [2.75, 3.05) is 13.2 Å². The number of benzene rings is 1. The van der Waals surface area contributed by atoms with Crippen molar-refractivity contribution in [1.82, 2.24) is 16.2 Å². The summed E-state index contributed by atoms with van der Waals surface area (Å²) < 4.78 is 11.0. The average molecular weight is 446 g/mol. The third-order valence-electron chi connectivity index (χ3n) is 2.78. The molecule has 0 fully saturated rings. The summed E-state index contributed by atoms with van der Waals surface area (Å²) in [6.45, 7) is 1.98. The maximum atomic E-state index is 11.6. The molecule has 10 heteroatoms. The minimum atomic E-state index is -0.479. The van der Waals surface area contributed by atoms with Gasteiger partial charge in [-0.2, -0.15) is 0 Å². The van der Waals surface area contributed by atoms with Crippen molar-refractivity contribution in [3.8, 4) is 5.75 Å². The number of hydrazine groups is 1. The number of thiocarbonyl (C=S) groups is 1. The summed E-state index contributed by atoms with van der Waals surface area (Å²) in [5.41, 5.74) is 4.67. The van der Waals surface area contributed by atoms with Crippen LogP contribution in [0.4, 0.5) is 0 Å². The van der Waals surface area contributed by atoms with Crippen LogP contribution in [0.1, 0.15) is 26.2 Å². The Labute approximate surface area is 165 Å². The Balaban J connectivity index is 2.18. The standard InChI is InChI=1S/C16H20BrN3O5S/c1-2-9-24-15(23)8-7-13(21)18-16(26)20-19-14(22)10-25-12-5-3-11(17)4-6-12/h3-6H,2,7-10H2,1H3,(H,19,22)(H2,18,20,21,26). The fourth-order valence-corrected chi connectivity index (χ4v) is 2.00. The summed E-state index contributed by atoms with van der Waals surface area (Å²) in [6, 6.07) is 6.99. The van der Waals surface area contributed by atoms with E-state index in [0.717, 1.165) is 10.9 Å². The van der Waals surface area contributed by atoms with Gasteiger partial charge >= 0.3 is 5.97 Å². The third-order valence-corrected chi connectivity index (χ3v) is 3.51. The first-order valence-electron chi connectivity index (χ1n) is 7.83. The zero-order valence-electron chi connectivity index (χ0n) is 14.2. The van der Waals surface area contributed by atoms with Crippen molar-refractivity contribution in [1.29, 1.82) is 0 Å². The normalized spacial score (nSPS) is 9.77. The monoisotopic (exact) mass is 445 g/mol. The molecule has 0 aliphatic rings. The van der Waals surface area contributed by atoms with Crippen LogP contribution in [0, 0.1) is 0 Å². The molecule has 3 N–H and O–H groups in total. The lowest BCUT2D eigenvalue weighted by molar-refractivity contribution is -0.144. The van der Waals surface area contributed by atoms with Crippen molar-refractivity contribution in [2.45, 2.75) is 26.2 Å². The lowest BCUT2D eigenvalue weighted by atomic mass is 10.3. The number of amides is 2. The molecule has 0 saturated carbocycles. The van der Waals surface area contributed by atoms with Crippen LogP contribution in [0.15, 0.2) is 28.7 Å². The van der Waals surface area contributed by atoms with Crippen molar-refractivity contribution in [3.63, 3.8) is 0 Å². The van der Waals surface area contributed by atoms with Crippen LogP contribution in [0.5, 0.6) is 5.75 Å². The van der Waals surface area contributed by atoms with Crippen LogP contribution in [-0.4, -0.2) is 36.1 Å². The summed E-state index contributed by atoms with van der Waals surface area (Å²) >= 11 is 8.17. The van der Waals surface area contributed by atoms with Gasteiger partial charge in [-0.3, -0.25) is 25.2 Å². The fraction of sp³-hybridized carbons (Fsp3) is 0.375. The van der Waals surface area contributed by atoms with Crippen molar-refractivity contribution >= 4 is 51.0 Å². The van der Waals surface area contributed by atoms with Crippen LogP contribution in [0.25, 0.3) is 0 Å². The van der Waals surface area contributed by atoms with E-state index in [4.69, 9.17) is 21.7 Å². The van der Waals surface area contributed by atoms with Gasteiger partial charge in [-0.15, -0.1) is 0 Å². The Morgan fingerprint density at radius 2 is 1.77 bits per heavy atom. The number of carbonyl (C=O) groups excluding carboxylic acids is 3. The molecule has 142 valence electrons. The molecule has 1 aromatic carbocycles. The topological polar surface area (TPSA) is 106 Å². The number of nitrogens with one attached hydrogen (secondary N) is 3. The molecule has 26 heavy (non-hydrogen) atoms. The molecule has 0 aliphatic heterocycles. The molecule has 8 nitrogen and oxygen atoms in total. The van der Waals surface area contributed by atoms with Gasteiger partial charge in [0.25, 0.3) is 5.91 Å². The zero-order valence-corrected chi connectivity index (χ0v) is 16.6. The second-order valence-electron chi connectivity index (χ2n) is 5.01. The molecule has 0 heterocycles. The summed E-state index contributed by atoms with van der Waals surface area (Å²) in [7, 11) is 0. The van der Waals surface area contributed by atoms with Gasteiger partial charge in [-0.25, -0.2) is 0 Å². The highest BCUT2D eigenvalue weighted by Crippen LogP contribution is 2.15. The van der Waals surface area contributed by atoms with Gasteiger partial charge in [0.2, 0.25) is 5.91 Å². The van der Waals surface area contributed by atoms with Gasteiger partial charge in [-0.05, 0) is 42.9 Å². The van der Waals surface area contributed by atoms with E-state index in [0.29, 0.717) is 12.4 Å². The maximum absolute atomic E-state index is 11.6. The molecule has 0 spiro atoms. The van der Waals surface area contributed by atoms with Crippen LogP contribution in [0.3, 0.4) is 0 Å². The van der Waals surface area contributed by atoms with E-state index in [9.17, 15) is 14.4 Å².